The lowest BCUT2D eigenvalue weighted by Crippen LogP contribution is -2.14. The van der Waals surface area contributed by atoms with Crippen molar-refractivity contribution >= 4 is 22.7 Å². The van der Waals surface area contributed by atoms with E-state index in [2.05, 4.69) is 15.5 Å². The Kier molecular flexibility index (Phi) is 3.90. The Labute approximate surface area is 159 Å². The van der Waals surface area contributed by atoms with Gasteiger partial charge < -0.3 is 13.9 Å². The molecular weight excluding hydrogens is 358 g/mol. The smallest absolute Gasteiger partial charge is 0.322 e. The average Bonchev–Trinajstić information content (AvgIpc) is 3.37. The molecular formula is C21H15N3O4. The number of carbonyl (C=O) groups is 1. The van der Waals surface area contributed by atoms with E-state index < -0.39 is 0 Å². The molecule has 0 saturated heterocycles. The maximum Gasteiger partial charge on any atom is 0.322 e. The highest BCUT2D eigenvalue weighted by Crippen LogP contribution is 2.35. The predicted molar refractivity (Wildman–Crippen MR) is 102 cm³/mol. The minimum atomic E-state index is -0.225. The minimum absolute atomic E-state index is 0.0536. The van der Waals surface area contributed by atoms with Crippen LogP contribution in [0.2, 0.25) is 0 Å². The van der Waals surface area contributed by atoms with Crippen LogP contribution in [-0.4, -0.2) is 22.9 Å². The molecule has 0 radical (unpaired) electrons. The fraction of sp³-hybridized carbons (Fsp3) is 0.0952. The van der Waals surface area contributed by atoms with Gasteiger partial charge in [0.2, 0.25) is 18.6 Å². The van der Waals surface area contributed by atoms with Gasteiger partial charge in [-0.2, -0.15) is 0 Å². The molecule has 1 aromatic heterocycles. The molecule has 1 N–H and O–H groups in total. The summed E-state index contributed by atoms with van der Waals surface area (Å²) in [6.45, 7) is 0.193. The number of nitrogens with zero attached hydrogens (tertiary/aromatic N) is 2. The van der Waals surface area contributed by atoms with E-state index in [0.717, 1.165) is 16.3 Å². The van der Waals surface area contributed by atoms with Crippen LogP contribution in [0.25, 0.3) is 22.2 Å². The predicted octanol–water partition coefficient (Wildman–Crippen LogP) is 3.80. The summed E-state index contributed by atoms with van der Waals surface area (Å²) in [5.41, 5.74) is 1.62. The zero-order valence-electron chi connectivity index (χ0n) is 14.7. The lowest BCUT2D eigenvalue weighted by atomic mass is 10.0. The number of ether oxygens (including phenoxy) is 2. The largest absolute Gasteiger partial charge is 0.454 e. The maximum absolute atomic E-state index is 12.4. The maximum atomic E-state index is 12.4. The summed E-state index contributed by atoms with van der Waals surface area (Å²) in [5, 5.41) is 12.7. The third-order valence-corrected chi connectivity index (χ3v) is 4.52. The molecule has 5 rings (SSSR count). The molecule has 1 aliphatic rings. The molecule has 2 heterocycles. The normalized spacial score (nSPS) is 12.3. The third-order valence-electron chi connectivity index (χ3n) is 4.52. The lowest BCUT2D eigenvalue weighted by molar-refractivity contribution is -0.115. The second kappa shape index (κ2) is 6.70. The van der Waals surface area contributed by atoms with Crippen molar-refractivity contribution in [2.45, 2.75) is 6.42 Å². The van der Waals surface area contributed by atoms with Gasteiger partial charge in [0.25, 0.3) is 0 Å². The lowest BCUT2D eigenvalue weighted by Gasteiger charge is -2.05. The molecule has 1 aliphatic heterocycles. The number of hydrogen-bond donors (Lipinski definition) is 1. The van der Waals surface area contributed by atoms with Crippen LogP contribution in [0.15, 0.2) is 65.1 Å². The van der Waals surface area contributed by atoms with Crippen LogP contribution < -0.4 is 14.8 Å². The van der Waals surface area contributed by atoms with E-state index in [-0.39, 0.29) is 25.1 Å². The van der Waals surface area contributed by atoms with Crippen LogP contribution in [0.4, 0.5) is 6.01 Å². The highest BCUT2D eigenvalue weighted by molar-refractivity contribution is 5.95. The molecule has 4 aromatic rings. The van der Waals surface area contributed by atoms with Gasteiger partial charge in [-0.1, -0.05) is 47.6 Å². The van der Waals surface area contributed by atoms with E-state index in [1.54, 1.807) is 18.2 Å². The van der Waals surface area contributed by atoms with Crippen molar-refractivity contribution in [1.82, 2.24) is 10.2 Å². The summed E-state index contributed by atoms with van der Waals surface area (Å²) in [6, 6.07) is 19.2. The number of carbonyl (C=O) groups excluding carboxylic acids is 1. The first-order valence-electron chi connectivity index (χ1n) is 8.76. The Morgan fingerprint density at radius 3 is 2.79 bits per heavy atom. The van der Waals surface area contributed by atoms with Gasteiger partial charge in [-0.3, -0.25) is 10.1 Å². The highest BCUT2D eigenvalue weighted by Gasteiger charge is 2.17. The van der Waals surface area contributed by atoms with Gasteiger partial charge in [-0.25, -0.2) is 0 Å². The molecule has 0 spiro atoms. The number of amides is 1. The summed E-state index contributed by atoms with van der Waals surface area (Å²) in [5.74, 6) is 1.36. The summed E-state index contributed by atoms with van der Waals surface area (Å²) in [7, 11) is 0. The van der Waals surface area contributed by atoms with Crippen LogP contribution in [0, 0.1) is 0 Å². The Hall–Kier alpha value is -3.87. The first-order valence-corrected chi connectivity index (χ1v) is 8.76. The van der Waals surface area contributed by atoms with Gasteiger partial charge in [0.15, 0.2) is 11.5 Å². The quantitative estimate of drug-likeness (QED) is 0.586. The Morgan fingerprint density at radius 2 is 1.82 bits per heavy atom. The standard InChI is InChI=1S/C21H15N3O4/c25-19(11-14-6-3-5-13-4-1-2-7-16(13)14)22-21-24-23-20(28-21)15-8-9-17-18(10-15)27-12-26-17/h1-10H,11-12H2,(H,22,24,25). The molecule has 28 heavy (non-hydrogen) atoms. The highest BCUT2D eigenvalue weighted by atomic mass is 16.7. The van der Waals surface area contributed by atoms with Gasteiger partial charge >= 0.3 is 6.01 Å². The van der Waals surface area contributed by atoms with Gasteiger partial charge in [0.1, 0.15) is 0 Å². The Morgan fingerprint density at radius 1 is 0.964 bits per heavy atom. The van der Waals surface area contributed by atoms with E-state index in [1.807, 2.05) is 42.5 Å². The van der Waals surface area contributed by atoms with E-state index in [9.17, 15) is 4.79 Å². The Balaban J connectivity index is 1.32. The SMILES string of the molecule is O=C(Cc1cccc2ccccc12)Nc1nnc(-c2ccc3c(c2)OCO3)o1. The van der Waals surface area contributed by atoms with E-state index in [0.29, 0.717) is 23.0 Å². The van der Waals surface area contributed by atoms with Crippen molar-refractivity contribution < 1.29 is 18.7 Å². The molecule has 0 saturated carbocycles. The van der Waals surface area contributed by atoms with Crippen molar-refractivity contribution in [2.24, 2.45) is 0 Å². The van der Waals surface area contributed by atoms with Gasteiger partial charge in [-0.05, 0) is 34.5 Å². The first kappa shape index (κ1) is 16.3. The molecule has 0 unspecified atom stereocenters. The minimum Gasteiger partial charge on any atom is -0.454 e. The zero-order valence-corrected chi connectivity index (χ0v) is 14.7. The summed E-state index contributed by atoms with van der Waals surface area (Å²) in [6.07, 6.45) is 0.211. The monoisotopic (exact) mass is 373 g/mol. The molecule has 0 atom stereocenters. The van der Waals surface area contributed by atoms with Crippen LogP contribution >= 0.6 is 0 Å². The number of anilines is 1. The van der Waals surface area contributed by atoms with Crippen molar-refractivity contribution in [3.63, 3.8) is 0 Å². The van der Waals surface area contributed by atoms with E-state index >= 15 is 0 Å². The number of fused-ring (bicyclic) bond motifs is 2. The summed E-state index contributed by atoms with van der Waals surface area (Å²) < 4.78 is 16.2. The molecule has 0 fully saturated rings. The van der Waals surface area contributed by atoms with E-state index in [1.165, 1.54) is 0 Å². The zero-order chi connectivity index (χ0) is 18.9. The molecule has 7 heteroatoms. The fourth-order valence-electron chi connectivity index (χ4n) is 3.20. The van der Waals surface area contributed by atoms with Crippen molar-refractivity contribution in [2.75, 3.05) is 12.1 Å². The Bertz CT molecular complexity index is 1180. The van der Waals surface area contributed by atoms with Gasteiger partial charge in [0, 0.05) is 5.56 Å². The van der Waals surface area contributed by atoms with Crippen LogP contribution in [0.5, 0.6) is 11.5 Å². The van der Waals surface area contributed by atoms with Crippen LogP contribution in [-0.2, 0) is 11.2 Å². The van der Waals surface area contributed by atoms with Crippen molar-refractivity contribution in [3.8, 4) is 23.0 Å². The number of hydrogen-bond acceptors (Lipinski definition) is 6. The second-order valence-corrected chi connectivity index (χ2v) is 6.34. The second-order valence-electron chi connectivity index (χ2n) is 6.34. The molecule has 7 nitrogen and oxygen atoms in total. The summed E-state index contributed by atoms with van der Waals surface area (Å²) in [4.78, 5) is 12.4. The van der Waals surface area contributed by atoms with Gasteiger partial charge in [-0.15, -0.1) is 5.10 Å². The van der Waals surface area contributed by atoms with E-state index in [4.69, 9.17) is 13.9 Å². The first-order chi connectivity index (χ1) is 13.8. The number of rotatable bonds is 4. The van der Waals surface area contributed by atoms with Crippen LogP contribution in [0.1, 0.15) is 5.56 Å². The topological polar surface area (TPSA) is 86.5 Å². The number of aromatic nitrogens is 2. The van der Waals surface area contributed by atoms with Gasteiger partial charge in [0.05, 0.1) is 6.42 Å². The van der Waals surface area contributed by atoms with Crippen molar-refractivity contribution in [1.29, 1.82) is 0 Å². The fourth-order valence-corrected chi connectivity index (χ4v) is 3.20. The van der Waals surface area contributed by atoms with Crippen molar-refractivity contribution in [3.05, 3.63) is 66.2 Å². The van der Waals surface area contributed by atoms with Crippen LogP contribution in [0.3, 0.4) is 0 Å². The average molecular weight is 373 g/mol. The molecule has 138 valence electrons. The molecule has 0 aliphatic carbocycles. The molecule has 1 amide bonds. The summed E-state index contributed by atoms with van der Waals surface area (Å²) >= 11 is 0. The third kappa shape index (κ3) is 3.03. The number of nitrogens with one attached hydrogen (secondary N) is 1. The number of benzene rings is 3. The molecule has 3 aromatic carbocycles. The molecule has 0 bridgehead atoms.